The average molecular weight is 311 g/mol. The van der Waals surface area contributed by atoms with Crippen LogP contribution in [0.1, 0.15) is 56.6 Å². The van der Waals surface area contributed by atoms with E-state index in [0.29, 0.717) is 18.8 Å². The number of rotatable bonds is 7. The molecule has 6 heteroatoms. The van der Waals surface area contributed by atoms with E-state index in [2.05, 4.69) is 9.72 Å². The summed E-state index contributed by atoms with van der Waals surface area (Å²) in [6.45, 7) is 7.88. The standard InChI is InChI=1S/C16H25NO5/c1-5-20-15(19)21-9-7-6-8-13-10-12(11-17-13)14(18)22-16(2,3)4/h10-11,17H,5-9H2,1-4H3. The van der Waals surface area contributed by atoms with Gasteiger partial charge < -0.3 is 19.2 Å². The van der Waals surface area contributed by atoms with E-state index < -0.39 is 11.8 Å². The fraction of sp³-hybridized carbons (Fsp3) is 0.625. The molecular formula is C16H25NO5. The van der Waals surface area contributed by atoms with Crippen LogP contribution in [0.5, 0.6) is 0 Å². The molecule has 0 bridgehead atoms. The van der Waals surface area contributed by atoms with Crippen molar-refractivity contribution in [3.63, 3.8) is 0 Å². The molecule has 0 fully saturated rings. The first kappa shape index (κ1) is 18.1. The molecule has 0 spiro atoms. The van der Waals surface area contributed by atoms with E-state index in [4.69, 9.17) is 9.47 Å². The average Bonchev–Trinajstić information content (AvgIpc) is 2.85. The van der Waals surface area contributed by atoms with Crippen molar-refractivity contribution in [1.29, 1.82) is 0 Å². The molecule has 1 rings (SSSR count). The predicted octanol–water partition coefficient (Wildman–Crippen LogP) is 3.47. The second kappa shape index (κ2) is 8.46. The molecular weight excluding hydrogens is 286 g/mol. The van der Waals surface area contributed by atoms with Crippen LogP contribution in [-0.4, -0.2) is 35.9 Å². The molecule has 1 aromatic heterocycles. The van der Waals surface area contributed by atoms with Gasteiger partial charge in [0.25, 0.3) is 0 Å². The lowest BCUT2D eigenvalue weighted by atomic mass is 10.1. The van der Waals surface area contributed by atoms with E-state index in [0.717, 1.165) is 25.0 Å². The molecule has 1 N–H and O–H groups in total. The molecule has 0 unspecified atom stereocenters. The quantitative estimate of drug-likeness (QED) is 0.616. The summed E-state index contributed by atoms with van der Waals surface area (Å²) in [6.07, 6.45) is 3.37. The van der Waals surface area contributed by atoms with Crippen LogP contribution < -0.4 is 0 Å². The van der Waals surface area contributed by atoms with Gasteiger partial charge in [0.05, 0.1) is 18.8 Å². The van der Waals surface area contributed by atoms with Crippen LogP contribution >= 0.6 is 0 Å². The molecule has 0 aliphatic rings. The lowest BCUT2D eigenvalue weighted by Gasteiger charge is -2.18. The van der Waals surface area contributed by atoms with Gasteiger partial charge >= 0.3 is 12.1 Å². The number of aromatic amines is 1. The van der Waals surface area contributed by atoms with Gasteiger partial charge in [0.1, 0.15) is 5.60 Å². The SMILES string of the molecule is CCOC(=O)OCCCCc1cc(C(=O)OC(C)(C)C)c[nH]1. The molecule has 0 aliphatic carbocycles. The van der Waals surface area contributed by atoms with Crippen LogP contribution in [0.15, 0.2) is 12.3 Å². The highest BCUT2D eigenvalue weighted by molar-refractivity contribution is 5.89. The Balaban J connectivity index is 2.28. The molecule has 0 saturated heterocycles. The number of H-pyrrole nitrogens is 1. The van der Waals surface area contributed by atoms with Gasteiger partial charge in [0, 0.05) is 11.9 Å². The minimum Gasteiger partial charge on any atom is -0.456 e. The van der Waals surface area contributed by atoms with Crippen molar-refractivity contribution < 1.29 is 23.8 Å². The van der Waals surface area contributed by atoms with E-state index in [1.807, 2.05) is 20.8 Å². The number of unbranched alkanes of at least 4 members (excludes halogenated alkanes) is 1. The van der Waals surface area contributed by atoms with Crippen molar-refractivity contribution in [2.24, 2.45) is 0 Å². The first-order chi connectivity index (χ1) is 10.3. The molecule has 6 nitrogen and oxygen atoms in total. The number of carbonyl (C=O) groups excluding carboxylic acids is 2. The zero-order valence-corrected chi connectivity index (χ0v) is 13.7. The number of nitrogens with one attached hydrogen (secondary N) is 1. The third-order valence-electron chi connectivity index (χ3n) is 2.70. The van der Waals surface area contributed by atoms with Crippen LogP contribution in [0.25, 0.3) is 0 Å². The van der Waals surface area contributed by atoms with E-state index in [1.54, 1.807) is 19.2 Å². The second-order valence-corrected chi connectivity index (χ2v) is 5.90. The summed E-state index contributed by atoms with van der Waals surface area (Å²) in [5.41, 5.74) is 0.976. The summed E-state index contributed by atoms with van der Waals surface area (Å²) >= 11 is 0. The molecule has 0 amide bonds. The normalized spacial score (nSPS) is 11.1. The third-order valence-corrected chi connectivity index (χ3v) is 2.70. The minimum absolute atomic E-state index is 0.314. The zero-order chi connectivity index (χ0) is 16.6. The van der Waals surface area contributed by atoms with Crippen molar-refractivity contribution >= 4 is 12.1 Å². The second-order valence-electron chi connectivity index (χ2n) is 5.90. The summed E-state index contributed by atoms with van der Waals surface area (Å²) < 4.78 is 14.8. The van der Waals surface area contributed by atoms with Crippen molar-refractivity contribution in [3.8, 4) is 0 Å². The van der Waals surface area contributed by atoms with Crippen LogP contribution in [-0.2, 0) is 20.6 Å². The maximum Gasteiger partial charge on any atom is 0.508 e. The van der Waals surface area contributed by atoms with Gasteiger partial charge in [-0.1, -0.05) is 0 Å². The van der Waals surface area contributed by atoms with E-state index in [1.165, 1.54) is 0 Å². The molecule has 22 heavy (non-hydrogen) atoms. The lowest BCUT2D eigenvalue weighted by molar-refractivity contribution is 0.00694. The third kappa shape index (κ3) is 7.15. The first-order valence-electron chi connectivity index (χ1n) is 7.52. The maximum absolute atomic E-state index is 11.9. The Kier molecular flexibility index (Phi) is 6.95. The van der Waals surface area contributed by atoms with Crippen molar-refractivity contribution in [2.75, 3.05) is 13.2 Å². The van der Waals surface area contributed by atoms with Gasteiger partial charge in [-0.15, -0.1) is 0 Å². The molecule has 0 aromatic carbocycles. The topological polar surface area (TPSA) is 77.6 Å². The highest BCUT2D eigenvalue weighted by Gasteiger charge is 2.18. The Morgan fingerprint density at radius 2 is 1.91 bits per heavy atom. The van der Waals surface area contributed by atoms with E-state index in [-0.39, 0.29) is 5.97 Å². The molecule has 1 heterocycles. The Hall–Kier alpha value is -1.98. The number of hydrogen-bond donors (Lipinski definition) is 1. The first-order valence-corrected chi connectivity index (χ1v) is 7.52. The highest BCUT2D eigenvalue weighted by Crippen LogP contribution is 2.14. The van der Waals surface area contributed by atoms with Gasteiger partial charge in [-0.25, -0.2) is 9.59 Å². The van der Waals surface area contributed by atoms with Crippen molar-refractivity contribution in [3.05, 3.63) is 23.5 Å². The highest BCUT2D eigenvalue weighted by atomic mass is 16.7. The summed E-state index contributed by atoms with van der Waals surface area (Å²) in [4.78, 5) is 25.9. The fourth-order valence-electron chi connectivity index (χ4n) is 1.77. The summed E-state index contributed by atoms with van der Waals surface area (Å²) in [5, 5.41) is 0. The molecule has 0 saturated carbocycles. The number of esters is 1. The smallest absolute Gasteiger partial charge is 0.456 e. The number of ether oxygens (including phenoxy) is 3. The summed E-state index contributed by atoms with van der Waals surface area (Å²) in [7, 11) is 0. The molecule has 0 aliphatic heterocycles. The number of aryl methyl sites for hydroxylation is 1. The monoisotopic (exact) mass is 311 g/mol. The van der Waals surface area contributed by atoms with Crippen molar-refractivity contribution in [2.45, 2.75) is 52.6 Å². The van der Waals surface area contributed by atoms with Crippen LogP contribution in [0.2, 0.25) is 0 Å². The maximum atomic E-state index is 11.9. The van der Waals surface area contributed by atoms with Crippen molar-refractivity contribution in [1.82, 2.24) is 4.98 Å². The van der Waals surface area contributed by atoms with E-state index >= 15 is 0 Å². The minimum atomic E-state index is -0.630. The van der Waals surface area contributed by atoms with Gasteiger partial charge in [-0.05, 0) is 53.0 Å². The van der Waals surface area contributed by atoms with Gasteiger partial charge in [0.2, 0.25) is 0 Å². The molecule has 1 aromatic rings. The van der Waals surface area contributed by atoms with Crippen LogP contribution in [0.4, 0.5) is 4.79 Å². The number of hydrogen-bond acceptors (Lipinski definition) is 5. The molecule has 0 radical (unpaired) electrons. The van der Waals surface area contributed by atoms with Gasteiger partial charge in [-0.3, -0.25) is 0 Å². The summed E-state index contributed by atoms with van der Waals surface area (Å²) in [5.74, 6) is -0.333. The van der Waals surface area contributed by atoms with Crippen LogP contribution in [0, 0.1) is 0 Å². The Morgan fingerprint density at radius 1 is 1.18 bits per heavy atom. The zero-order valence-electron chi connectivity index (χ0n) is 13.7. The largest absolute Gasteiger partial charge is 0.508 e. The number of aromatic nitrogens is 1. The summed E-state index contributed by atoms with van der Waals surface area (Å²) in [6, 6.07) is 1.79. The van der Waals surface area contributed by atoms with Gasteiger partial charge in [0.15, 0.2) is 0 Å². The number of carbonyl (C=O) groups is 2. The lowest BCUT2D eigenvalue weighted by Crippen LogP contribution is -2.23. The predicted molar refractivity (Wildman–Crippen MR) is 81.9 cm³/mol. The van der Waals surface area contributed by atoms with Gasteiger partial charge in [-0.2, -0.15) is 0 Å². The van der Waals surface area contributed by atoms with Crippen LogP contribution in [0.3, 0.4) is 0 Å². The molecule has 124 valence electrons. The van der Waals surface area contributed by atoms with E-state index in [9.17, 15) is 9.59 Å². The Morgan fingerprint density at radius 3 is 2.55 bits per heavy atom. The Bertz CT molecular complexity index is 487. The fourth-order valence-corrected chi connectivity index (χ4v) is 1.77. The Labute approximate surface area is 131 Å². The molecule has 0 atom stereocenters.